The third-order valence-electron chi connectivity index (χ3n) is 4.77. The average Bonchev–Trinajstić information content (AvgIpc) is 2.63. The van der Waals surface area contributed by atoms with E-state index in [0.717, 1.165) is 18.6 Å². The average molecular weight is 408 g/mol. The van der Waals surface area contributed by atoms with Gasteiger partial charge in [-0.15, -0.1) is 0 Å². The van der Waals surface area contributed by atoms with Gasteiger partial charge in [0.05, 0.1) is 10.6 Å². The van der Waals surface area contributed by atoms with Crippen LogP contribution in [0.25, 0.3) is 0 Å². The molecule has 0 radical (unpaired) electrons. The van der Waals surface area contributed by atoms with Crippen LogP contribution < -0.4 is 5.32 Å². The number of amides is 1. The van der Waals surface area contributed by atoms with E-state index in [1.807, 2.05) is 13.8 Å². The number of anilines is 1. The van der Waals surface area contributed by atoms with Gasteiger partial charge in [0.1, 0.15) is 11.6 Å². The van der Waals surface area contributed by atoms with Crippen molar-refractivity contribution in [3.05, 3.63) is 59.7 Å². The summed E-state index contributed by atoms with van der Waals surface area (Å²) in [5.74, 6) is -1.68. The molecule has 1 saturated heterocycles. The third-order valence-corrected chi connectivity index (χ3v) is 6.61. The lowest BCUT2D eigenvalue weighted by molar-refractivity contribution is 0.102. The van der Waals surface area contributed by atoms with Gasteiger partial charge in [-0.1, -0.05) is 13.8 Å². The number of halogens is 2. The summed E-state index contributed by atoms with van der Waals surface area (Å²) in [7, 11) is -3.64. The first-order valence-electron chi connectivity index (χ1n) is 9.03. The quantitative estimate of drug-likeness (QED) is 0.835. The van der Waals surface area contributed by atoms with Gasteiger partial charge in [-0.3, -0.25) is 4.79 Å². The van der Waals surface area contributed by atoms with Gasteiger partial charge in [0.25, 0.3) is 5.91 Å². The van der Waals surface area contributed by atoms with Crippen molar-refractivity contribution in [1.29, 1.82) is 0 Å². The summed E-state index contributed by atoms with van der Waals surface area (Å²) in [5.41, 5.74) is 0.0162. The minimum absolute atomic E-state index is 0.110. The third kappa shape index (κ3) is 4.39. The first-order chi connectivity index (χ1) is 13.2. The maximum absolute atomic E-state index is 13.7. The molecule has 5 nitrogen and oxygen atoms in total. The molecule has 2 aromatic rings. The molecule has 1 aliphatic rings. The molecule has 3 rings (SSSR count). The monoisotopic (exact) mass is 408 g/mol. The van der Waals surface area contributed by atoms with Crippen LogP contribution in [0.5, 0.6) is 0 Å². The number of carbonyl (C=O) groups is 1. The van der Waals surface area contributed by atoms with Crippen molar-refractivity contribution < 1.29 is 22.0 Å². The number of hydrogen-bond donors (Lipinski definition) is 1. The van der Waals surface area contributed by atoms with Crippen LogP contribution in [0.2, 0.25) is 0 Å². The molecule has 0 saturated carbocycles. The van der Waals surface area contributed by atoms with E-state index in [1.54, 1.807) is 0 Å². The molecular formula is C20H22F2N2O3S. The highest BCUT2D eigenvalue weighted by Crippen LogP contribution is 2.27. The van der Waals surface area contributed by atoms with Crippen molar-refractivity contribution in [1.82, 2.24) is 4.31 Å². The van der Waals surface area contributed by atoms with Gasteiger partial charge in [0.15, 0.2) is 0 Å². The number of carbonyl (C=O) groups excluding carboxylic acids is 1. The molecule has 2 aromatic carbocycles. The summed E-state index contributed by atoms with van der Waals surface area (Å²) in [4.78, 5) is 12.4. The van der Waals surface area contributed by atoms with Crippen LogP contribution in [0, 0.1) is 23.5 Å². The molecule has 1 amide bonds. The van der Waals surface area contributed by atoms with Crippen LogP contribution in [0.3, 0.4) is 0 Å². The van der Waals surface area contributed by atoms with Crippen molar-refractivity contribution in [3.8, 4) is 0 Å². The molecule has 1 N–H and O–H groups in total. The predicted molar refractivity (Wildman–Crippen MR) is 102 cm³/mol. The van der Waals surface area contributed by atoms with Gasteiger partial charge in [0.2, 0.25) is 10.0 Å². The zero-order chi connectivity index (χ0) is 20.5. The molecule has 0 unspecified atom stereocenters. The summed E-state index contributed by atoms with van der Waals surface area (Å²) in [6.07, 6.45) is 0.991. The molecular weight excluding hydrogens is 386 g/mol. The topological polar surface area (TPSA) is 66.5 Å². The Bertz CT molecular complexity index is 967. The fraction of sp³-hybridized carbons (Fsp3) is 0.350. The Hall–Kier alpha value is -2.32. The van der Waals surface area contributed by atoms with E-state index >= 15 is 0 Å². The van der Waals surface area contributed by atoms with E-state index in [0.29, 0.717) is 19.2 Å². The SMILES string of the molecule is C[C@@H]1C[C@@H](C)CN(S(=O)(=O)c2ccc(C(=O)Nc3ccc(F)cc3F)cc2)C1. The summed E-state index contributed by atoms with van der Waals surface area (Å²) in [6, 6.07) is 8.33. The van der Waals surface area contributed by atoms with Crippen LogP contribution in [0.4, 0.5) is 14.5 Å². The second kappa shape index (κ2) is 7.97. The van der Waals surface area contributed by atoms with E-state index in [2.05, 4.69) is 5.32 Å². The van der Waals surface area contributed by atoms with Crippen LogP contribution in [0.15, 0.2) is 47.4 Å². The van der Waals surface area contributed by atoms with E-state index in [1.165, 1.54) is 28.6 Å². The Balaban J connectivity index is 1.76. The number of hydrogen-bond acceptors (Lipinski definition) is 3. The summed E-state index contributed by atoms with van der Waals surface area (Å²) in [5, 5.41) is 2.35. The molecule has 1 aliphatic heterocycles. The Morgan fingerprint density at radius 2 is 1.64 bits per heavy atom. The van der Waals surface area contributed by atoms with E-state index in [9.17, 15) is 22.0 Å². The fourth-order valence-corrected chi connectivity index (χ4v) is 5.19. The summed E-state index contributed by atoms with van der Waals surface area (Å²) >= 11 is 0. The second-order valence-electron chi connectivity index (χ2n) is 7.37. The van der Waals surface area contributed by atoms with Gasteiger partial charge in [0, 0.05) is 24.7 Å². The molecule has 1 heterocycles. The Kier molecular flexibility index (Phi) is 5.81. The van der Waals surface area contributed by atoms with Crippen LogP contribution >= 0.6 is 0 Å². The smallest absolute Gasteiger partial charge is 0.255 e. The predicted octanol–water partition coefficient (Wildman–Crippen LogP) is 3.88. The first kappa shape index (κ1) is 20.4. The van der Waals surface area contributed by atoms with E-state index in [-0.39, 0.29) is 28.0 Å². The number of benzene rings is 2. The highest BCUT2D eigenvalue weighted by Gasteiger charge is 2.31. The summed E-state index contributed by atoms with van der Waals surface area (Å²) in [6.45, 7) is 5.00. The largest absolute Gasteiger partial charge is 0.319 e. The number of nitrogens with zero attached hydrogens (tertiary/aromatic N) is 1. The lowest BCUT2D eigenvalue weighted by atomic mass is 9.94. The van der Waals surface area contributed by atoms with Gasteiger partial charge in [-0.25, -0.2) is 17.2 Å². The zero-order valence-electron chi connectivity index (χ0n) is 15.7. The van der Waals surface area contributed by atoms with E-state index < -0.39 is 27.6 Å². The molecule has 0 bridgehead atoms. The van der Waals surface area contributed by atoms with Crippen LogP contribution in [-0.2, 0) is 10.0 Å². The molecule has 0 aliphatic carbocycles. The molecule has 0 spiro atoms. The highest BCUT2D eigenvalue weighted by atomic mass is 32.2. The Labute approximate surface area is 163 Å². The van der Waals surface area contributed by atoms with Gasteiger partial charge >= 0.3 is 0 Å². The Morgan fingerprint density at radius 3 is 2.21 bits per heavy atom. The fourth-order valence-electron chi connectivity index (χ4n) is 3.51. The molecule has 0 aromatic heterocycles. The standard InChI is InChI=1S/C20H22F2N2O3S/c1-13-9-14(2)12-24(11-13)28(26,27)17-6-3-15(4-7-17)20(25)23-19-8-5-16(21)10-18(19)22/h3-8,10,13-14H,9,11-12H2,1-2H3,(H,23,25)/t13-,14-/m1/s1. The number of nitrogens with one attached hydrogen (secondary N) is 1. The van der Waals surface area contributed by atoms with E-state index in [4.69, 9.17) is 0 Å². The molecule has 8 heteroatoms. The zero-order valence-corrected chi connectivity index (χ0v) is 16.5. The van der Waals surface area contributed by atoms with Crippen LogP contribution in [0.1, 0.15) is 30.6 Å². The lowest BCUT2D eigenvalue weighted by Crippen LogP contribution is -2.42. The second-order valence-corrected chi connectivity index (χ2v) is 9.31. The minimum atomic E-state index is -3.64. The minimum Gasteiger partial charge on any atom is -0.319 e. The Morgan fingerprint density at radius 1 is 1.04 bits per heavy atom. The first-order valence-corrected chi connectivity index (χ1v) is 10.5. The molecule has 150 valence electrons. The van der Waals surface area contributed by atoms with Gasteiger partial charge in [-0.2, -0.15) is 4.31 Å². The van der Waals surface area contributed by atoms with Crippen molar-refractivity contribution >= 4 is 21.6 Å². The normalized spacial score (nSPS) is 20.7. The molecule has 2 atom stereocenters. The highest BCUT2D eigenvalue weighted by molar-refractivity contribution is 7.89. The van der Waals surface area contributed by atoms with Gasteiger partial charge in [-0.05, 0) is 54.7 Å². The van der Waals surface area contributed by atoms with Crippen molar-refractivity contribution in [3.63, 3.8) is 0 Å². The van der Waals surface area contributed by atoms with Crippen molar-refractivity contribution in [2.45, 2.75) is 25.2 Å². The number of rotatable bonds is 4. The summed E-state index contributed by atoms with van der Waals surface area (Å²) < 4.78 is 53.8. The number of piperidine rings is 1. The van der Waals surface area contributed by atoms with Gasteiger partial charge < -0.3 is 5.32 Å². The molecule has 1 fully saturated rings. The van der Waals surface area contributed by atoms with Crippen LogP contribution in [-0.4, -0.2) is 31.7 Å². The molecule has 28 heavy (non-hydrogen) atoms. The van der Waals surface area contributed by atoms with Crippen molar-refractivity contribution in [2.24, 2.45) is 11.8 Å². The number of sulfonamides is 1. The van der Waals surface area contributed by atoms with Crippen molar-refractivity contribution in [2.75, 3.05) is 18.4 Å². The maximum Gasteiger partial charge on any atom is 0.255 e. The maximum atomic E-state index is 13.7. The lowest BCUT2D eigenvalue weighted by Gasteiger charge is -2.34.